The number of nitrogens with one attached hydrogen (secondary N) is 2. The molecule has 0 aliphatic heterocycles. The molecule has 134 valence electrons. The Morgan fingerprint density at radius 2 is 1.89 bits per heavy atom. The van der Waals surface area contributed by atoms with E-state index >= 15 is 0 Å². The average Bonchev–Trinajstić information content (AvgIpc) is 2.70. The zero-order chi connectivity index (χ0) is 19.1. The number of hydrogen-bond donors (Lipinski definition) is 2. The van der Waals surface area contributed by atoms with Crippen molar-refractivity contribution in [3.8, 4) is 6.07 Å². The van der Waals surface area contributed by atoms with Crippen LogP contribution in [-0.4, -0.2) is 17.4 Å². The van der Waals surface area contributed by atoms with Crippen molar-refractivity contribution >= 4 is 28.9 Å². The minimum absolute atomic E-state index is 0.306. The second-order valence-corrected chi connectivity index (χ2v) is 6.32. The van der Waals surface area contributed by atoms with Gasteiger partial charge in [-0.05, 0) is 54.4 Å². The lowest BCUT2D eigenvalue weighted by Crippen LogP contribution is -2.14. The standard InChI is InChI=1S/C21H17ClN4O/c22-17-6-4-15(5-7-17)10-11-24-19-8-9-20(25-14-19)21(27)26-18-3-1-2-16(12-18)13-23/h1-9,12,14,24H,10-11H2,(H,26,27). The summed E-state index contributed by atoms with van der Waals surface area (Å²) in [6.45, 7) is 0.746. The maximum absolute atomic E-state index is 12.3. The Balaban J connectivity index is 1.53. The van der Waals surface area contributed by atoms with E-state index < -0.39 is 0 Å². The van der Waals surface area contributed by atoms with Crippen LogP contribution in [0.1, 0.15) is 21.6 Å². The molecule has 0 aliphatic carbocycles. The first kappa shape index (κ1) is 18.4. The molecule has 2 N–H and O–H groups in total. The Hall–Kier alpha value is -3.36. The highest BCUT2D eigenvalue weighted by Gasteiger charge is 2.08. The van der Waals surface area contributed by atoms with Gasteiger partial charge in [0.05, 0.1) is 23.5 Å². The molecule has 0 radical (unpaired) electrons. The van der Waals surface area contributed by atoms with E-state index in [-0.39, 0.29) is 5.91 Å². The minimum atomic E-state index is -0.321. The molecule has 0 saturated heterocycles. The number of hydrogen-bond acceptors (Lipinski definition) is 4. The van der Waals surface area contributed by atoms with Crippen LogP contribution < -0.4 is 10.6 Å². The van der Waals surface area contributed by atoms with Crippen LogP contribution in [0.5, 0.6) is 0 Å². The van der Waals surface area contributed by atoms with Gasteiger partial charge in [-0.25, -0.2) is 4.98 Å². The first-order valence-electron chi connectivity index (χ1n) is 8.40. The zero-order valence-electron chi connectivity index (χ0n) is 14.4. The van der Waals surface area contributed by atoms with E-state index in [1.807, 2.05) is 36.4 Å². The van der Waals surface area contributed by atoms with E-state index in [4.69, 9.17) is 16.9 Å². The zero-order valence-corrected chi connectivity index (χ0v) is 15.2. The predicted molar refractivity (Wildman–Crippen MR) is 107 cm³/mol. The van der Waals surface area contributed by atoms with Gasteiger partial charge in [0.25, 0.3) is 5.91 Å². The molecule has 0 unspecified atom stereocenters. The summed E-state index contributed by atoms with van der Waals surface area (Å²) in [5, 5.41) is 15.7. The van der Waals surface area contributed by atoms with Crippen molar-refractivity contribution in [1.29, 1.82) is 5.26 Å². The van der Waals surface area contributed by atoms with E-state index in [1.165, 1.54) is 5.56 Å². The van der Waals surface area contributed by atoms with Gasteiger partial charge in [-0.2, -0.15) is 5.26 Å². The van der Waals surface area contributed by atoms with Crippen LogP contribution in [0.4, 0.5) is 11.4 Å². The van der Waals surface area contributed by atoms with E-state index in [0.29, 0.717) is 16.9 Å². The van der Waals surface area contributed by atoms with Crippen LogP contribution in [0.2, 0.25) is 5.02 Å². The monoisotopic (exact) mass is 376 g/mol. The minimum Gasteiger partial charge on any atom is -0.383 e. The maximum atomic E-state index is 12.3. The van der Waals surface area contributed by atoms with Gasteiger partial charge >= 0.3 is 0 Å². The smallest absolute Gasteiger partial charge is 0.274 e. The van der Waals surface area contributed by atoms with Crippen molar-refractivity contribution in [2.24, 2.45) is 0 Å². The van der Waals surface area contributed by atoms with Gasteiger partial charge in [0.2, 0.25) is 0 Å². The molecule has 1 amide bonds. The molecule has 0 bridgehead atoms. The van der Waals surface area contributed by atoms with Crippen molar-refractivity contribution in [3.05, 3.63) is 88.7 Å². The van der Waals surface area contributed by atoms with E-state index in [2.05, 4.69) is 15.6 Å². The molecular formula is C21H17ClN4O. The summed E-state index contributed by atoms with van der Waals surface area (Å²) in [6, 6.07) is 20.0. The molecule has 27 heavy (non-hydrogen) atoms. The number of aromatic nitrogens is 1. The molecule has 5 nitrogen and oxygen atoms in total. The quantitative estimate of drug-likeness (QED) is 0.663. The summed E-state index contributed by atoms with van der Waals surface area (Å²) in [5.74, 6) is -0.321. The molecule has 3 aromatic rings. The number of rotatable bonds is 6. The lowest BCUT2D eigenvalue weighted by molar-refractivity contribution is 0.102. The lowest BCUT2D eigenvalue weighted by Gasteiger charge is -2.08. The van der Waals surface area contributed by atoms with Crippen LogP contribution in [0.15, 0.2) is 66.9 Å². The van der Waals surface area contributed by atoms with Crippen molar-refractivity contribution in [1.82, 2.24) is 4.98 Å². The third kappa shape index (κ3) is 5.30. The number of pyridine rings is 1. The highest BCUT2D eigenvalue weighted by molar-refractivity contribution is 6.30. The van der Waals surface area contributed by atoms with Gasteiger partial charge in [-0.3, -0.25) is 4.79 Å². The highest BCUT2D eigenvalue weighted by Crippen LogP contribution is 2.13. The van der Waals surface area contributed by atoms with Crippen molar-refractivity contribution < 1.29 is 4.79 Å². The molecule has 1 aromatic heterocycles. The van der Waals surface area contributed by atoms with Gasteiger partial charge in [0.15, 0.2) is 0 Å². The SMILES string of the molecule is N#Cc1cccc(NC(=O)c2ccc(NCCc3ccc(Cl)cc3)cn2)c1. The largest absolute Gasteiger partial charge is 0.383 e. The Morgan fingerprint density at radius 1 is 1.07 bits per heavy atom. The van der Waals surface area contributed by atoms with Crippen LogP contribution in [0.3, 0.4) is 0 Å². The van der Waals surface area contributed by atoms with Crippen LogP contribution >= 0.6 is 11.6 Å². The molecule has 0 saturated carbocycles. The van der Waals surface area contributed by atoms with Gasteiger partial charge < -0.3 is 10.6 Å². The van der Waals surface area contributed by atoms with Crippen molar-refractivity contribution in [2.45, 2.75) is 6.42 Å². The molecule has 1 heterocycles. The Kier molecular flexibility index (Phi) is 6.03. The molecule has 0 spiro atoms. The van der Waals surface area contributed by atoms with Crippen LogP contribution in [0.25, 0.3) is 0 Å². The fraction of sp³-hybridized carbons (Fsp3) is 0.0952. The van der Waals surface area contributed by atoms with Gasteiger partial charge in [-0.15, -0.1) is 0 Å². The molecule has 3 rings (SSSR count). The number of nitrogens with zero attached hydrogens (tertiary/aromatic N) is 2. The van der Waals surface area contributed by atoms with Gasteiger partial charge in [0, 0.05) is 17.3 Å². The summed E-state index contributed by atoms with van der Waals surface area (Å²) in [7, 11) is 0. The lowest BCUT2D eigenvalue weighted by atomic mass is 10.1. The number of amides is 1. The number of halogens is 1. The molecule has 0 atom stereocenters. The molecule has 6 heteroatoms. The van der Waals surface area contributed by atoms with Gasteiger partial charge in [0.1, 0.15) is 5.69 Å². The van der Waals surface area contributed by atoms with Crippen molar-refractivity contribution in [2.75, 3.05) is 17.2 Å². The van der Waals surface area contributed by atoms with Crippen molar-refractivity contribution in [3.63, 3.8) is 0 Å². The Labute approximate surface area is 162 Å². The van der Waals surface area contributed by atoms with Crippen LogP contribution in [-0.2, 0) is 6.42 Å². The normalized spacial score (nSPS) is 10.1. The first-order chi connectivity index (χ1) is 13.1. The number of carbonyl (C=O) groups is 1. The summed E-state index contributed by atoms with van der Waals surface area (Å²) < 4.78 is 0. The molecule has 0 fully saturated rings. The number of nitriles is 1. The Bertz CT molecular complexity index is 963. The average molecular weight is 377 g/mol. The van der Waals surface area contributed by atoms with E-state index in [1.54, 1.807) is 36.5 Å². The fourth-order valence-electron chi connectivity index (χ4n) is 2.50. The highest BCUT2D eigenvalue weighted by atomic mass is 35.5. The topological polar surface area (TPSA) is 77.8 Å². The first-order valence-corrected chi connectivity index (χ1v) is 8.78. The number of anilines is 2. The number of carbonyl (C=O) groups excluding carboxylic acids is 1. The predicted octanol–water partition coefficient (Wildman–Crippen LogP) is 4.51. The molecular weight excluding hydrogens is 360 g/mol. The maximum Gasteiger partial charge on any atom is 0.274 e. The van der Waals surface area contributed by atoms with Crippen LogP contribution in [0, 0.1) is 11.3 Å². The summed E-state index contributed by atoms with van der Waals surface area (Å²) in [6.07, 6.45) is 2.48. The molecule has 2 aromatic carbocycles. The number of benzene rings is 2. The summed E-state index contributed by atoms with van der Waals surface area (Å²) in [5.41, 5.74) is 3.38. The fourth-order valence-corrected chi connectivity index (χ4v) is 2.62. The third-order valence-corrected chi connectivity index (χ3v) is 4.15. The summed E-state index contributed by atoms with van der Waals surface area (Å²) in [4.78, 5) is 16.5. The second kappa shape index (κ2) is 8.84. The molecule has 0 aliphatic rings. The summed E-state index contributed by atoms with van der Waals surface area (Å²) >= 11 is 5.88. The third-order valence-electron chi connectivity index (χ3n) is 3.90. The van der Waals surface area contributed by atoms with E-state index in [9.17, 15) is 4.79 Å². The van der Waals surface area contributed by atoms with E-state index in [0.717, 1.165) is 23.7 Å². The Morgan fingerprint density at radius 3 is 2.59 bits per heavy atom. The van der Waals surface area contributed by atoms with Gasteiger partial charge in [-0.1, -0.05) is 29.8 Å². The second-order valence-electron chi connectivity index (χ2n) is 5.88.